The largest absolute Gasteiger partial charge is 0.358 e. The third-order valence-corrected chi connectivity index (χ3v) is 8.36. The number of piperazine rings is 1. The Kier molecular flexibility index (Phi) is 5.02. The minimum atomic E-state index is 0.0731. The van der Waals surface area contributed by atoms with Crippen molar-refractivity contribution in [1.82, 2.24) is 34.4 Å². The van der Waals surface area contributed by atoms with Crippen molar-refractivity contribution in [3.05, 3.63) is 53.9 Å². The van der Waals surface area contributed by atoms with E-state index in [-0.39, 0.29) is 18.5 Å². The number of aromatic nitrogens is 6. The highest BCUT2D eigenvalue weighted by atomic mass is 32.1. The normalized spacial score (nSPS) is 18.4. The van der Waals surface area contributed by atoms with E-state index in [4.69, 9.17) is 9.97 Å². The van der Waals surface area contributed by atoms with Gasteiger partial charge in [-0.25, -0.2) is 19.9 Å². The predicted molar refractivity (Wildman–Crippen MR) is 140 cm³/mol. The summed E-state index contributed by atoms with van der Waals surface area (Å²) in [7, 11) is 0. The van der Waals surface area contributed by atoms with E-state index < -0.39 is 0 Å². The number of amides is 1. The first-order chi connectivity index (χ1) is 17.6. The Morgan fingerprint density at radius 2 is 1.94 bits per heavy atom. The maximum Gasteiger partial charge on any atom is 0.242 e. The predicted octanol–water partition coefficient (Wildman–Crippen LogP) is 4.05. The number of imidazole rings is 2. The molecule has 2 fully saturated rings. The zero-order valence-corrected chi connectivity index (χ0v) is 20.8. The van der Waals surface area contributed by atoms with E-state index in [1.54, 1.807) is 23.9 Å². The summed E-state index contributed by atoms with van der Waals surface area (Å²) in [6, 6.07) is 11.9. The Morgan fingerprint density at radius 3 is 2.78 bits per heavy atom. The molecule has 0 radical (unpaired) electrons. The molecule has 1 N–H and O–H groups in total. The molecule has 1 unspecified atom stereocenters. The smallest absolute Gasteiger partial charge is 0.242 e. The van der Waals surface area contributed by atoms with E-state index in [0.717, 1.165) is 51.8 Å². The number of carbonyl (C=O) groups excluding carboxylic acids is 1. The molecule has 0 spiro atoms. The van der Waals surface area contributed by atoms with Crippen LogP contribution in [0.2, 0.25) is 0 Å². The fourth-order valence-electron chi connectivity index (χ4n) is 5.03. The molecule has 1 saturated heterocycles. The lowest BCUT2D eigenvalue weighted by Crippen LogP contribution is -2.54. The van der Waals surface area contributed by atoms with E-state index in [1.165, 1.54) is 17.8 Å². The topological polar surface area (TPSA) is 95.8 Å². The van der Waals surface area contributed by atoms with Crippen molar-refractivity contribution in [2.75, 3.05) is 24.5 Å². The van der Waals surface area contributed by atoms with Gasteiger partial charge in [0.25, 0.3) is 0 Å². The van der Waals surface area contributed by atoms with Gasteiger partial charge in [0.15, 0.2) is 11.5 Å². The molecule has 10 heteroatoms. The van der Waals surface area contributed by atoms with Crippen molar-refractivity contribution in [2.45, 2.75) is 38.3 Å². The second kappa shape index (κ2) is 8.41. The zero-order valence-electron chi connectivity index (χ0n) is 20.0. The standard InChI is InChI=1S/C26H26N8OS/c1-16-13-32(11-12-34(16)21(35)14-33-15-28-20-7-4-10-27-24(20)33)26-22(31-25(36-26)17-8-9-17)23-29-18-5-2-3-6-19(18)30-23/h2-7,10,15-17H,8-9,11-14H2,1H3,(H,29,30). The molecule has 1 aromatic carbocycles. The van der Waals surface area contributed by atoms with Gasteiger partial charge in [0.05, 0.1) is 22.4 Å². The number of H-pyrrole nitrogens is 1. The summed E-state index contributed by atoms with van der Waals surface area (Å²) in [5.41, 5.74) is 4.44. The fourth-order valence-corrected chi connectivity index (χ4v) is 6.30. The molecule has 4 aromatic heterocycles. The highest BCUT2D eigenvalue weighted by molar-refractivity contribution is 7.16. The summed E-state index contributed by atoms with van der Waals surface area (Å²) in [4.78, 5) is 39.8. The molecule has 0 bridgehead atoms. The summed E-state index contributed by atoms with van der Waals surface area (Å²) in [6.45, 7) is 4.55. The molecule has 1 amide bonds. The number of anilines is 1. The SMILES string of the molecule is CC1CN(c2sc(C3CC3)nc2-c2nc3ccccc3[nH]2)CCN1C(=O)Cn1cnc2cccnc21. The molecule has 9 nitrogen and oxygen atoms in total. The van der Waals surface area contributed by atoms with Crippen LogP contribution < -0.4 is 4.90 Å². The number of thiazole rings is 1. The van der Waals surface area contributed by atoms with E-state index >= 15 is 0 Å². The first-order valence-corrected chi connectivity index (χ1v) is 13.2. The van der Waals surface area contributed by atoms with Crippen molar-refractivity contribution in [1.29, 1.82) is 0 Å². The second-order valence-corrected chi connectivity index (χ2v) is 10.7. The molecule has 1 aliphatic heterocycles. The van der Waals surface area contributed by atoms with Crippen LogP contribution >= 0.6 is 11.3 Å². The number of carbonyl (C=O) groups is 1. The van der Waals surface area contributed by atoms with Crippen LogP contribution in [-0.4, -0.2) is 66.0 Å². The van der Waals surface area contributed by atoms with Gasteiger partial charge in [-0.3, -0.25) is 4.79 Å². The van der Waals surface area contributed by atoms with Gasteiger partial charge < -0.3 is 19.4 Å². The van der Waals surface area contributed by atoms with Gasteiger partial charge in [0.2, 0.25) is 5.91 Å². The highest BCUT2D eigenvalue weighted by Gasteiger charge is 2.34. The van der Waals surface area contributed by atoms with Gasteiger partial charge in [-0.1, -0.05) is 12.1 Å². The van der Waals surface area contributed by atoms with Crippen LogP contribution in [0.15, 0.2) is 48.9 Å². The van der Waals surface area contributed by atoms with Crippen molar-refractivity contribution in [3.8, 4) is 11.5 Å². The lowest BCUT2D eigenvalue weighted by molar-refractivity contribution is -0.134. The number of nitrogens with zero attached hydrogens (tertiary/aromatic N) is 7. The summed E-state index contributed by atoms with van der Waals surface area (Å²) < 4.78 is 1.83. The number of pyridine rings is 1. The van der Waals surface area contributed by atoms with Gasteiger partial charge in [-0.05, 0) is 44.0 Å². The molecule has 182 valence electrons. The number of hydrogen-bond acceptors (Lipinski definition) is 7. The quantitative estimate of drug-likeness (QED) is 0.393. The van der Waals surface area contributed by atoms with Crippen LogP contribution in [0, 0.1) is 0 Å². The number of hydrogen-bond donors (Lipinski definition) is 1. The lowest BCUT2D eigenvalue weighted by Gasteiger charge is -2.40. The Morgan fingerprint density at radius 1 is 1.08 bits per heavy atom. The Bertz CT molecular complexity index is 1550. The number of para-hydroxylation sites is 2. The third-order valence-electron chi connectivity index (χ3n) is 7.08. The van der Waals surface area contributed by atoms with Crippen molar-refractivity contribution < 1.29 is 4.79 Å². The monoisotopic (exact) mass is 498 g/mol. The molecule has 5 heterocycles. The lowest BCUT2D eigenvalue weighted by atomic mass is 10.2. The van der Waals surface area contributed by atoms with Crippen LogP contribution in [-0.2, 0) is 11.3 Å². The number of benzene rings is 1. The number of fused-ring (bicyclic) bond motifs is 2. The van der Waals surface area contributed by atoms with Gasteiger partial charge in [0.1, 0.15) is 22.8 Å². The second-order valence-electron chi connectivity index (χ2n) is 9.68. The Balaban J connectivity index is 1.13. The summed E-state index contributed by atoms with van der Waals surface area (Å²) in [5.74, 6) is 1.48. The number of nitrogens with one attached hydrogen (secondary N) is 1. The van der Waals surface area contributed by atoms with Crippen LogP contribution in [0.25, 0.3) is 33.7 Å². The first-order valence-electron chi connectivity index (χ1n) is 12.4. The fraction of sp³-hybridized carbons (Fsp3) is 0.346. The first kappa shape index (κ1) is 21.5. The van der Waals surface area contributed by atoms with E-state index in [2.05, 4.69) is 26.8 Å². The Hall–Kier alpha value is -3.79. The minimum Gasteiger partial charge on any atom is -0.358 e. The van der Waals surface area contributed by atoms with E-state index in [9.17, 15) is 4.79 Å². The average Bonchev–Trinajstić information content (AvgIpc) is 3.32. The number of rotatable bonds is 5. The summed E-state index contributed by atoms with van der Waals surface area (Å²) in [5, 5.41) is 2.35. The molecular formula is C26H26N8OS. The van der Waals surface area contributed by atoms with Gasteiger partial charge in [-0.15, -0.1) is 11.3 Å². The molecule has 1 atom stereocenters. The van der Waals surface area contributed by atoms with Crippen molar-refractivity contribution in [2.24, 2.45) is 0 Å². The molecule has 7 rings (SSSR count). The van der Waals surface area contributed by atoms with E-state index in [1.807, 2.05) is 45.9 Å². The number of aromatic amines is 1. The molecule has 5 aromatic rings. The van der Waals surface area contributed by atoms with Gasteiger partial charge in [0, 0.05) is 37.8 Å². The molecular weight excluding hydrogens is 472 g/mol. The van der Waals surface area contributed by atoms with Crippen LogP contribution in [0.3, 0.4) is 0 Å². The van der Waals surface area contributed by atoms with E-state index in [0.29, 0.717) is 12.5 Å². The molecule has 36 heavy (non-hydrogen) atoms. The minimum absolute atomic E-state index is 0.0731. The molecule has 2 aliphatic rings. The average molecular weight is 499 g/mol. The third kappa shape index (κ3) is 3.72. The molecule has 1 aliphatic carbocycles. The molecule has 1 saturated carbocycles. The maximum atomic E-state index is 13.3. The van der Waals surface area contributed by atoms with Crippen LogP contribution in [0.5, 0.6) is 0 Å². The maximum absolute atomic E-state index is 13.3. The van der Waals surface area contributed by atoms with Crippen LogP contribution in [0.4, 0.5) is 5.00 Å². The Labute approximate surface area is 211 Å². The summed E-state index contributed by atoms with van der Waals surface area (Å²) in [6.07, 6.45) is 5.86. The zero-order chi connectivity index (χ0) is 24.2. The van der Waals surface area contributed by atoms with Crippen molar-refractivity contribution in [3.63, 3.8) is 0 Å². The van der Waals surface area contributed by atoms with Crippen molar-refractivity contribution >= 4 is 44.4 Å². The highest BCUT2D eigenvalue weighted by Crippen LogP contribution is 2.47. The van der Waals surface area contributed by atoms with Gasteiger partial charge in [-0.2, -0.15) is 0 Å². The summed E-state index contributed by atoms with van der Waals surface area (Å²) >= 11 is 1.79. The van der Waals surface area contributed by atoms with Crippen LogP contribution in [0.1, 0.15) is 30.7 Å². The van der Waals surface area contributed by atoms with Gasteiger partial charge >= 0.3 is 0 Å².